The second-order valence-electron chi connectivity index (χ2n) is 6.32. The Kier molecular flexibility index (Phi) is 5.31. The van der Waals surface area contributed by atoms with Crippen molar-refractivity contribution in [1.82, 2.24) is 15.0 Å². The van der Waals surface area contributed by atoms with E-state index < -0.39 is 6.61 Å². The van der Waals surface area contributed by atoms with E-state index in [1.165, 1.54) is 21.7 Å². The summed E-state index contributed by atoms with van der Waals surface area (Å²) in [5.41, 5.74) is 1.60. The molecule has 4 aromatic rings. The van der Waals surface area contributed by atoms with Crippen LogP contribution >= 0.6 is 11.3 Å². The summed E-state index contributed by atoms with van der Waals surface area (Å²) in [7, 11) is 1.96. The van der Waals surface area contributed by atoms with Gasteiger partial charge in [0.05, 0.1) is 12.1 Å². The molecule has 0 saturated heterocycles. The van der Waals surface area contributed by atoms with Crippen LogP contribution in [0.1, 0.15) is 11.5 Å². The highest BCUT2D eigenvalue weighted by Crippen LogP contribution is 2.29. The fourth-order valence-electron chi connectivity index (χ4n) is 3.01. The van der Waals surface area contributed by atoms with Gasteiger partial charge in [0.15, 0.2) is 0 Å². The quantitative estimate of drug-likeness (QED) is 0.427. The minimum atomic E-state index is -2.92. The summed E-state index contributed by atoms with van der Waals surface area (Å²) in [6.07, 6.45) is 0. The Balaban J connectivity index is 1.48. The SMILES string of the molecule is CN(Cc1nc(-c2ccccc2OC(F)F)no1)Cc1csc2ccccc12. The number of benzene rings is 2. The zero-order valence-corrected chi connectivity index (χ0v) is 15.8. The summed E-state index contributed by atoms with van der Waals surface area (Å²) in [5, 5.41) is 7.31. The molecule has 28 heavy (non-hydrogen) atoms. The van der Waals surface area contributed by atoms with Crippen molar-refractivity contribution >= 4 is 21.4 Å². The zero-order chi connectivity index (χ0) is 19.5. The number of aromatic nitrogens is 2. The Labute approximate surface area is 164 Å². The Morgan fingerprint density at radius 3 is 2.75 bits per heavy atom. The molecular weight excluding hydrogens is 384 g/mol. The van der Waals surface area contributed by atoms with Gasteiger partial charge in [-0.15, -0.1) is 11.3 Å². The predicted molar refractivity (Wildman–Crippen MR) is 103 cm³/mol. The molecule has 2 aromatic carbocycles. The molecule has 0 bridgehead atoms. The average Bonchev–Trinajstić information content (AvgIpc) is 3.29. The van der Waals surface area contributed by atoms with Crippen LogP contribution in [0.2, 0.25) is 0 Å². The van der Waals surface area contributed by atoms with Gasteiger partial charge in [0, 0.05) is 11.2 Å². The van der Waals surface area contributed by atoms with E-state index in [1.54, 1.807) is 29.5 Å². The molecule has 0 saturated carbocycles. The average molecular weight is 401 g/mol. The van der Waals surface area contributed by atoms with Crippen molar-refractivity contribution in [1.29, 1.82) is 0 Å². The van der Waals surface area contributed by atoms with Gasteiger partial charge in [0.25, 0.3) is 0 Å². The van der Waals surface area contributed by atoms with E-state index in [4.69, 9.17) is 4.52 Å². The van der Waals surface area contributed by atoms with Crippen molar-refractivity contribution < 1.29 is 18.0 Å². The van der Waals surface area contributed by atoms with E-state index in [1.807, 2.05) is 19.2 Å². The Morgan fingerprint density at radius 1 is 1.11 bits per heavy atom. The number of thiophene rings is 1. The maximum Gasteiger partial charge on any atom is 0.387 e. The van der Waals surface area contributed by atoms with Gasteiger partial charge in [-0.05, 0) is 41.6 Å². The molecule has 0 spiro atoms. The number of alkyl halides is 2. The van der Waals surface area contributed by atoms with Crippen molar-refractivity contribution in [3.05, 3.63) is 65.4 Å². The smallest absolute Gasteiger partial charge is 0.387 e. The molecule has 0 aliphatic heterocycles. The molecule has 0 atom stereocenters. The lowest BCUT2D eigenvalue weighted by molar-refractivity contribution is -0.0494. The highest BCUT2D eigenvalue weighted by Gasteiger charge is 2.17. The third-order valence-corrected chi connectivity index (χ3v) is 5.23. The number of halogens is 2. The van der Waals surface area contributed by atoms with Crippen LogP contribution in [-0.4, -0.2) is 28.7 Å². The van der Waals surface area contributed by atoms with Crippen LogP contribution in [0.3, 0.4) is 0 Å². The molecular formula is C20H17F2N3O2S. The minimum Gasteiger partial charge on any atom is -0.434 e. The number of rotatable bonds is 7. The van der Waals surface area contributed by atoms with Crippen LogP contribution in [0, 0.1) is 0 Å². The second-order valence-corrected chi connectivity index (χ2v) is 7.23. The van der Waals surface area contributed by atoms with Crippen LogP contribution < -0.4 is 4.74 Å². The van der Waals surface area contributed by atoms with Crippen LogP contribution in [0.15, 0.2) is 58.4 Å². The van der Waals surface area contributed by atoms with E-state index in [0.29, 0.717) is 18.0 Å². The summed E-state index contributed by atoms with van der Waals surface area (Å²) in [5.74, 6) is 0.646. The fraction of sp³-hybridized carbons (Fsp3) is 0.200. The highest BCUT2D eigenvalue weighted by molar-refractivity contribution is 7.17. The first-order chi connectivity index (χ1) is 13.6. The fourth-order valence-corrected chi connectivity index (χ4v) is 3.97. The summed E-state index contributed by atoms with van der Waals surface area (Å²) in [6.45, 7) is -1.75. The number of para-hydroxylation sites is 1. The van der Waals surface area contributed by atoms with Crippen LogP contribution in [0.5, 0.6) is 5.75 Å². The minimum absolute atomic E-state index is 0.0166. The van der Waals surface area contributed by atoms with Crippen LogP contribution in [0.25, 0.3) is 21.5 Å². The monoisotopic (exact) mass is 401 g/mol. The van der Waals surface area contributed by atoms with Gasteiger partial charge >= 0.3 is 6.61 Å². The largest absolute Gasteiger partial charge is 0.434 e. The van der Waals surface area contributed by atoms with Crippen LogP contribution in [-0.2, 0) is 13.1 Å². The van der Waals surface area contributed by atoms with Gasteiger partial charge in [-0.1, -0.05) is 35.5 Å². The van der Waals surface area contributed by atoms with Crippen molar-refractivity contribution in [2.45, 2.75) is 19.7 Å². The maximum absolute atomic E-state index is 12.6. The lowest BCUT2D eigenvalue weighted by Crippen LogP contribution is -2.17. The lowest BCUT2D eigenvalue weighted by atomic mass is 10.2. The Bertz CT molecular complexity index is 1080. The first kappa shape index (κ1) is 18.5. The number of hydrogen-bond acceptors (Lipinski definition) is 6. The number of ether oxygens (including phenoxy) is 1. The third-order valence-electron chi connectivity index (χ3n) is 4.22. The first-order valence-corrected chi connectivity index (χ1v) is 9.48. The molecule has 0 N–H and O–H groups in total. The normalized spacial score (nSPS) is 11.6. The molecule has 4 rings (SSSR count). The first-order valence-electron chi connectivity index (χ1n) is 8.60. The zero-order valence-electron chi connectivity index (χ0n) is 15.0. The molecule has 5 nitrogen and oxygen atoms in total. The number of fused-ring (bicyclic) bond motifs is 1. The lowest BCUT2D eigenvalue weighted by Gasteiger charge is -2.13. The Hall–Kier alpha value is -2.84. The van der Waals surface area contributed by atoms with E-state index in [9.17, 15) is 8.78 Å². The number of hydrogen-bond donors (Lipinski definition) is 0. The van der Waals surface area contributed by atoms with Crippen molar-refractivity contribution in [2.75, 3.05) is 7.05 Å². The van der Waals surface area contributed by atoms with Gasteiger partial charge in [-0.2, -0.15) is 13.8 Å². The molecule has 0 aliphatic carbocycles. The van der Waals surface area contributed by atoms with E-state index in [-0.39, 0.29) is 11.6 Å². The molecule has 2 aromatic heterocycles. The molecule has 0 amide bonds. The Morgan fingerprint density at radius 2 is 1.89 bits per heavy atom. The van der Waals surface area contributed by atoms with Gasteiger partial charge in [0.2, 0.25) is 11.7 Å². The van der Waals surface area contributed by atoms with Crippen molar-refractivity contribution in [2.24, 2.45) is 0 Å². The van der Waals surface area contributed by atoms with Crippen molar-refractivity contribution in [3.8, 4) is 17.1 Å². The number of nitrogens with zero attached hydrogens (tertiary/aromatic N) is 3. The topological polar surface area (TPSA) is 51.4 Å². The third kappa shape index (κ3) is 4.02. The van der Waals surface area contributed by atoms with Gasteiger partial charge in [-0.25, -0.2) is 0 Å². The predicted octanol–water partition coefficient (Wildman–Crippen LogP) is 5.18. The highest BCUT2D eigenvalue weighted by atomic mass is 32.1. The van der Waals surface area contributed by atoms with E-state index >= 15 is 0 Å². The molecule has 144 valence electrons. The van der Waals surface area contributed by atoms with E-state index in [2.05, 4.69) is 37.3 Å². The van der Waals surface area contributed by atoms with Gasteiger partial charge in [0.1, 0.15) is 5.75 Å². The van der Waals surface area contributed by atoms with E-state index in [0.717, 1.165) is 6.54 Å². The van der Waals surface area contributed by atoms with Gasteiger partial charge in [-0.3, -0.25) is 4.90 Å². The summed E-state index contributed by atoms with van der Waals surface area (Å²) < 4.78 is 36.3. The standard InChI is InChI=1S/C20H17F2N3O2S/c1-25(10-13-12-28-17-9-5-3-6-14(13)17)11-18-23-19(24-27-18)15-7-2-4-8-16(15)26-20(21)22/h2-9,12,20H,10-11H2,1H3. The second kappa shape index (κ2) is 8.04. The summed E-state index contributed by atoms with van der Waals surface area (Å²) >= 11 is 1.72. The molecule has 0 radical (unpaired) electrons. The van der Waals surface area contributed by atoms with Crippen molar-refractivity contribution in [3.63, 3.8) is 0 Å². The van der Waals surface area contributed by atoms with Crippen LogP contribution in [0.4, 0.5) is 8.78 Å². The van der Waals surface area contributed by atoms with Gasteiger partial charge < -0.3 is 9.26 Å². The molecule has 8 heteroatoms. The maximum atomic E-state index is 12.6. The molecule has 0 fully saturated rings. The summed E-state index contributed by atoms with van der Waals surface area (Å²) in [4.78, 5) is 6.40. The molecule has 0 unspecified atom stereocenters. The summed E-state index contributed by atoms with van der Waals surface area (Å²) in [6, 6.07) is 14.7. The molecule has 2 heterocycles. The molecule has 0 aliphatic rings.